The molecular weight excluding hydrogens is 451 g/mol. The lowest BCUT2D eigenvalue weighted by atomic mass is 9.78. The van der Waals surface area contributed by atoms with E-state index in [0.717, 1.165) is 66.4 Å². The van der Waals surface area contributed by atoms with Crippen molar-refractivity contribution >= 4 is 44.7 Å². The number of fused-ring (bicyclic) bond motifs is 2. The van der Waals surface area contributed by atoms with Crippen LogP contribution >= 0.6 is 11.3 Å². The lowest BCUT2D eigenvalue weighted by Gasteiger charge is -2.49. The van der Waals surface area contributed by atoms with Crippen LogP contribution in [0.1, 0.15) is 29.7 Å². The molecule has 1 aliphatic carbocycles. The van der Waals surface area contributed by atoms with E-state index in [1.54, 1.807) is 6.07 Å². The van der Waals surface area contributed by atoms with Crippen LogP contribution in [0.4, 0.5) is 30.4 Å². The van der Waals surface area contributed by atoms with Gasteiger partial charge in [0, 0.05) is 40.8 Å². The maximum atomic E-state index is 12.8. The Bertz CT molecular complexity index is 1250. The zero-order chi connectivity index (χ0) is 22.8. The normalized spacial score (nSPS) is 21.4. The maximum absolute atomic E-state index is 12.8. The topological polar surface area (TPSA) is 70.2 Å². The van der Waals surface area contributed by atoms with Gasteiger partial charge in [0.1, 0.15) is 17.0 Å². The van der Waals surface area contributed by atoms with Crippen molar-refractivity contribution < 1.29 is 18.0 Å². The number of nitrogens with one attached hydrogen (secondary N) is 2. The largest absolute Gasteiger partial charge is 0.393 e. The Morgan fingerprint density at radius 1 is 1.24 bits per heavy atom. The second kappa shape index (κ2) is 7.31. The lowest BCUT2D eigenvalue weighted by Crippen LogP contribution is -2.56. The number of alkyl halides is 3. The summed E-state index contributed by atoms with van der Waals surface area (Å²) in [6.07, 6.45) is -0.0875. The van der Waals surface area contributed by atoms with Crippen molar-refractivity contribution in [3.63, 3.8) is 0 Å². The molecule has 1 amide bonds. The number of anilines is 3. The van der Waals surface area contributed by atoms with E-state index in [1.165, 1.54) is 6.33 Å². The molecule has 2 fully saturated rings. The van der Waals surface area contributed by atoms with Gasteiger partial charge in [-0.3, -0.25) is 4.79 Å². The summed E-state index contributed by atoms with van der Waals surface area (Å²) in [7, 11) is 0. The molecule has 172 valence electrons. The van der Waals surface area contributed by atoms with E-state index >= 15 is 0 Å². The average molecular weight is 474 g/mol. The third kappa shape index (κ3) is 3.90. The van der Waals surface area contributed by atoms with E-state index in [-0.39, 0.29) is 16.2 Å². The van der Waals surface area contributed by atoms with Gasteiger partial charge in [0.05, 0.1) is 18.2 Å². The standard InChI is InChI=1S/C23H22F3N5OS/c24-23(25,26)9-16-7-17-20(27-12-28-21(17)33-16)31-10-22(11-31)4-3-15(8-22)29-14-2-1-13-5-19(32)30-18(13)6-14/h1-2,6-7,12,15,29H,3-5,8-11H2,(H,30,32)/t15-/m0/s1. The molecule has 0 radical (unpaired) electrons. The molecule has 3 aromatic rings. The van der Waals surface area contributed by atoms with Gasteiger partial charge >= 0.3 is 6.18 Å². The van der Waals surface area contributed by atoms with Crippen LogP contribution in [0, 0.1) is 5.41 Å². The monoisotopic (exact) mass is 473 g/mol. The van der Waals surface area contributed by atoms with Gasteiger partial charge in [-0.05, 0) is 43.0 Å². The number of carbonyl (C=O) groups excluding carboxylic acids is 1. The fourth-order valence-corrected chi connectivity index (χ4v) is 6.52. The van der Waals surface area contributed by atoms with Gasteiger partial charge in [-0.2, -0.15) is 13.2 Å². The van der Waals surface area contributed by atoms with E-state index in [4.69, 9.17) is 0 Å². The van der Waals surface area contributed by atoms with Crippen molar-refractivity contribution in [2.75, 3.05) is 28.6 Å². The van der Waals surface area contributed by atoms with Crippen LogP contribution in [0.5, 0.6) is 0 Å². The minimum atomic E-state index is -4.23. The second-order valence-electron chi connectivity index (χ2n) is 9.46. The number of rotatable bonds is 4. The minimum absolute atomic E-state index is 0.0338. The Hall–Kier alpha value is -2.88. The molecule has 3 aliphatic rings. The number of amides is 1. The number of hydrogen-bond acceptors (Lipinski definition) is 6. The highest BCUT2D eigenvalue weighted by Crippen LogP contribution is 2.49. The Morgan fingerprint density at radius 2 is 2.09 bits per heavy atom. The fourth-order valence-electron chi connectivity index (χ4n) is 5.50. The molecule has 33 heavy (non-hydrogen) atoms. The number of benzene rings is 1. The minimum Gasteiger partial charge on any atom is -0.382 e. The first-order chi connectivity index (χ1) is 15.8. The number of halogens is 3. The molecule has 2 aromatic heterocycles. The summed E-state index contributed by atoms with van der Waals surface area (Å²) in [6, 6.07) is 7.99. The first kappa shape index (κ1) is 20.7. The Morgan fingerprint density at radius 3 is 2.91 bits per heavy atom. The SMILES string of the molecule is O=C1Cc2ccc(N[C@H]3CCC4(C3)CN(c3ncnc5sc(CC(F)(F)F)cc35)C4)cc2N1. The smallest absolute Gasteiger partial charge is 0.382 e. The summed E-state index contributed by atoms with van der Waals surface area (Å²) in [6.45, 7) is 1.70. The first-order valence-electron chi connectivity index (χ1n) is 11.0. The molecule has 6 rings (SSSR count). The molecular formula is C23H22F3N5OS. The van der Waals surface area contributed by atoms with Crippen molar-refractivity contribution in [3.05, 3.63) is 41.0 Å². The van der Waals surface area contributed by atoms with Crippen molar-refractivity contribution in [2.24, 2.45) is 5.41 Å². The van der Waals surface area contributed by atoms with Crippen LogP contribution in [0.25, 0.3) is 10.2 Å². The van der Waals surface area contributed by atoms with Crippen LogP contribution in [-0.4, -0.2) is 41.2 Å². The van der Waals surface area contributed by atoms with Crippen LogP contribution in [0.3, 0.4) is 0 Å². The number of thiophene rings is 1. The molecule has 0 unspecified atom stereocenters. The van der Waals surface area contributed by atoms with Crippen LogP contribution in [-0.2, 0) is 17.6 Å². The zero-order valence-corrected chi connectivity index (χ0v) is 18.5. The van der Waals surface area contributed by atoms with E-state index < -0.39 is 12.6 Å². The van der Waals surface area contributed by atoms with E-state index in [2.05, 4.69) is 25.5 Å². The fraction of sp³-hybridized carbons (Fsp3) is 0.435. The molecule has 1 saturated heterocycles. The van der Waals surface area contributed by atoms with E-state index in [9.17, 15) is 18.0 Å². The molecule has 1 saturated carbocycles. The quantitative estimate of drug-likeness (QED) is 0.572. The molecule has 6 nitrogen and oxygen atoms in total. The number of aromatic nitrogens is 2. The van der Waals surface area contributed by atoms with Crippen molar-refractivity contribution in [2.45, 2.75) is 44.3 Å². The van der Waals surface area contributed by atoms with Crippen molar-refractivity contribution in [3.8, 4) is 0 Å². The second-order valence-corrected chi connectivity index (χ2v) is 10.6. The van der Waals surface area contributed by atoms with Crippen LogP contribution in [0.2, 0.25) is 0 Å². The predicted molar refractivity (Wildman–Crippen MR) is 122 cm³/mol. The summed E-state index contributed by atoms with van der Waals surface area (Å²) in [5.41, 5.74) is 3.14. The average Bonchev–Trinajstić information content (AvgIpc) is 3.40. The van der Waals surface area contributed by atoms with Crippen LogP contribution in [0.15, 0.2) is 30.6 Å². The molecule has 10 heteroatoms. The Kier molecular flexibility index (Phi) is 4.59. The molecule has 4 heterocycles. The van der Waals surface area contributed by atoms with Crippen molar-refractivity contribution in [1.29, 1.82) is 0 Å². The first-order valence-corrected chi connectivity index (χ1v) is 11.8. The third-order valence-electron chi connectivity index (χ3n) is 6.89. The molecule has 2 N–H and O–H groups in total. The van der Waals surface area contributed by atoms with Gasteiger partial charge < -0.3 is 15.5 Å². The highest BCUT2D eigenvalue weighted by molar-refractivity contribution is 7.18. The summed E-state index contributed by atoms with van der Waals surface area (Å²) in [4.78, 5) is 23.2. The highest BCUT2D eigenvalue weighted by atomic mass is 32.1. The summed E-state index contributed by atoms with van der Waals surface area (Å²) < 4.78 is 38.5. The Labute approximate surface area is 192 Å². The predicted octanol–water partition coefficient (Wildman–Crippen LogP) is 4.76. The highest BCUT2D eigenvalue weighted by Gasteiger charge is 2.49. The van der Waals surface area contributed by atoms with Gasteiger partial charge in [-0.15, -0.1) is 11.3 Å². The van der Waals surface area contributed by atoms with Gasteiger partial charge in [0.25, 0.3) is 0 Å². The molecule has 1 aromatic carbocycles. The van der Waals surface area contributed by atoms with Crippen molar-refractivity contribution in [1.82, 2.24) is 9.97 Å². The van der Waals surface area contributed by atoms with Gasteiger partial charge in [-0.1, -0.05) is 6.07 Å². The maximum Gasteiger partial charge on any atom is 0.393 e. The summed E-state index contributed by atoms with van der Waals surface area (Å²) >= 11 is 1.09. The molecule has 1 spiro atoms. The zero-order valence-electron chi connectivity index (χ0n) is 17.7. The molecule has 1 atom stereocenters. The number of hydrogen-bond donors (Lipinski definition) is 2. The molecule has 0 bridgehead atoms. The van der Waals surface area contributed by atoms with Gasteiger partial charge in [0.15, 0.2) is 0 Å². The van der Waals surface area contributed by atoms with E-state index in [1.807, 2.05) is 18.2 Å². The third-order valence-corrected chi connectivity index (χ3v) is 7.94. The van der Waals surface area contributed by atoms with Gasteiger partial charge in [-0.25, -0.2) is 9.97 Å². The van der Waals surface area contributed by atoms with Crippen LogP contribution < -0.4 is 15.5 Å². The number of nitrogens with zero attached hydrogens (tertiary/aromatic N) is 3. The van der Waals surface area contributed by atoms with Gasteiger partial charge in [0.2, 0.25) is 5.91 Å². The lowest BCUT2D eigenvalue weighted by molar-refractivity contribution is -0.126. The summed E-state index contributed by atoms with van der Waals surface area (Å²) in [5.74, 6) is 0.771. The molecule has 2 aliphatic heterocycles. The summed E-state index contributed by atoms with van der Waals surface area (Å²) in [5, 5.41) is 7.22. The Balaban J connectivity index is 1.12. The van der Waals surface area contributed by atoms with E-state index in [0.29, 0.717) is 22.7 Å². The number of carbonyl (C=O) groups is 1.